The van der Waals surface area contributed by atoms with Gasteiger partial charge in [-0.2, -0.15) is 0 Å². The van der Waals surface area contributed by atoms with Gasteiger partial charge in [-0.05, 0) is 49.6 Å². The molecule has 0 radical (unpaired) electrons. The molecule has 1 fully saturated rings. The normalized spacial score (nSPS) is 15.9. The minimum absolute atomic E-state index is 0.00261. The minimum atomic E-state index is -0.409. The number of amides is 2. The first-order valence-electron chi connectivity index (χ1n) is 9.79. The Bertz CT molecular complexity index is 1070. The Kier molecular flexibility index (Phi) is 6.22. The molecule has 1 aliphatic rings. The van der Waals surface area contributed by atoms with Crippen molar-refractivity contribution in [2.45, 2.75) is 24.2 Å². The number of aromatic nitrogens is 2. The lowest BCUT2D eigenvalue weighted by molar-refractivity contribution is -0.118. The van der Waals surface area contributed by atoms with Crippen LogP contribution >= 0.6 is 11.8 Å². The summed E-state index contributed by atoms with van der Waals surface area (Å²) in [5, 5.41) is 10.4. The Labute approximate surface area is 184 Å². The zero-order valence-corrected chi connectivity index (χ0v) is 18.0. The lowest BCUT2D eigenvalue weighted by Crippen LogP contribution is -2.24. The van der Waals surface area contributed by atoms with Crippen molar-refractivity contribution in [2.24, 2.45) is 0 Å². The van der Waals surface area contributed by atoms with Crippen LogP contribution in [0.15, 0.2) is 57.8 Å². The van der Waals surface area contributed by atoms with Crippen LogP contribution < -0.4 is 15.0 Å². The molecule has 1 saturated heterocycles. The number of hydrogen-bond donors (Lipinski definition) is 1. The van der Waals surface area contributed by atoms with Gasteiger partial charge < -0.3 is 14.1 Å². The molecule has 3 aromatic rings. The van der Waals surface area contributed by atoms with E-state index in [4.69, 9.17) is 9.15 Å². The van der Waals surface area contributed by atoms with Gasteiger partial charge in [0, 0.05) is 23.5 Å². The number of rotatable bonds is 7. The Morgan fingerprint density at radius 3 is 2.65 bits per heavy atom. The van der Waals surface area contributed by atoms with E-state index >= 15 is 0 Å². The van der Waals surface area contributed by atoms with Gasteiger partial charge in [0.05, 0.1) is 5.92 Å². The van der Waals surface area contributed by atoms with Crippen molar-refractivity contribution in [3.8, 4) is 5.75 Å². The molecular weight excluding hydrogens is 416 g/mol. The molecule has 8 nitrogen and oxygen atoms in total. The van der Waals surface area contributed by atoms with Gasteiger partial charge in [-0.15, -0.1) is 16.9 Å². The predicted octanol–water partition coefficient (Wildman–Crippen LogP) is 3.64. The van der Waals surface area contributed by atoms with E-state index in [1.807, 2.05) is 49.6 Å². The first-order chi connectivity index (χ1) is 15.0. The molecule has 160 valence electrons. The van der Waals surface area contributed by atoms with Crippen LogP contribution in [-0.4, -0.2) is 41.4 Å². The van der Waals surface area contributed by atoms with Gasteiger partial charge >= 0.3 is 6.01 Å². The van der Waals surface area contributed by atoms with E-state index in [1.165, 1.54) is 0 Å². The van der Waals surface area contributed by atoms with Crippen LogP contribution in [-0.2, 0) is 9.59 Å². The fourth-order valence-electron chi connectivity index (χ4n) is 3.27. The first-order valence-corrected chi connectivity index (χ1v) is 11.0. The second kappa shape index (κ2) is 9.22. The maximum absolute atomic E-state index is 12.5. The Hall–Kier alpha value is -3.33. The molecule has 4 rings (SSSR count). The molecule has 2 heterocycles. The van der Waals surface area contributed by atoms with Crippen LogP contribution in [0, 0.1) is 6.92 Å². The van der Waals surface area contributed by atoms with Crippen LogP contribution in [0.25, 0.3) is 0 Å². The van der Waals surface area contributed by atoms with Gasteiger partial charge in [-0.3, -0.25) is 14.9 Å². The number of anilines is 2. The fourth-order valence-corrected chi connectivity index (χ4v) is 3.68. The fraction of sp³-hybridized carbons (Fsp3) is 0.273. The van der Waals surface area contributed by atoms with Gasteiger partial charge in [0.15, 0.2) is 6.61 Å². The van der Waals surface area contributed by atoms with Crippen molar-refractivity contribution in [3.05, 3.63) is 60.0 Å². The number of aryl methyl sites for hydroxylation is 1. The molecule has 0 aliphatic carbocycles. The van der Waals surface area contributed by atoms with Crippen molar-refractivity contribution in [1.29, 1.82) is 0 Å². The van der Waals surface area contributed by atoms with Gasteiger partial charge in [-0.1, -0.05) is 22.8 Å². The zero-order valence-electron chi connectivity index (χ0n) is 17.2. The molecule has 1 aliphatic heterocycles. The highest BCUT2D eigenvalue weighted by molar-refractivity contribution is 7.98. The van der Waals surface area contributed by atoms with E-state index in [9.17, 15) is 9.59 Å². The molecule has 1 atom stereocenters. The average Bonchev–Trinajstić information content (AvgIpc) is 3.40. The summed E-state index contributed by atoms with van der Waals surface area (Å²) in [7, 11) is 0. The standard InChI is InChI=1S/C22H22N4O4S/c1-14-3-7-17(8-4-14)29-13-19(27)23-22-25-24-21(30-22)15-11-20(28)26(12-15)16-5-9-18(31-2)10-6-16/h3-10,15H,11-13H2,1-2H3,(H,23,25,27)/t15-/m0/s1. The summed E-state index contributed by atoms with van der Waals surface area (Å²) in [6.45, 7) is 2.24. The highest BCUT2D eigenvalue weighted by Gasteiger charge is 2.35. The molecule has 1 aromatic heterocycles. The number of nitrogens with zero attached hydrogens (tertiary/aromatic N) is 3. The van der Waals surface area contributed by atoms with E-state index < -0.39 is 5.91 Å². The summed E-state index contributed by atoms with van der Waals surface area (Å²) in [4.78, 5) is 27.4. The maximum Gasteiger partial charge on any atom is 0.322 e. The smallest absolute Gasteiger partial charge is 0.322 e. The Morgan fingerprint density at radius 1 is 1.19 bits per heavy atom. The van der Waals surface area contributed by atoms with Gasteiger partial charge in [0.25, 0.3) is 5.91 Å². The molecule has 0 bridgehead atoms. The van der Waals surface area contributed by atoms with Crippen molar-refractivity contribution in [3.63, 3.8) is 0 Å². The highest BCUT2D eigenvalue weighted by Crippen LogP contribution is 2.32. The number of nitrogens with one attached hydrogen (secondary N) is 1. The van der Waals surface area contributed by atoms with Gasteiger partial charge in [0.2, 0.25) is 11.8 Å². The van der Waals surface area contributed by atoms with E-state index in [-0.39, 0.29) is 30.9 Å². The molecule has 2 aromatic carbocycles. The third kappa shape index (κ3) is 5.05. The topological polar surface area (TPSA) is 97.6 Å². The zero-order chi connectivity index (χ0) is 21.8. The summed E-state index contributed by atoms with van der Waals surface area (Å²) in [5.41, 5.74) is 1.95. The second-order valence-electron chi connectivity index (χ2n) is 7.20. The summed E-state index contributed by atoms with van der Waals surface area (Å²) in [6.07, 6.45) is 2.28. The summed E-state index contributed by atoms with van der Waals surface area (Å²) in [5.74, 6) is 0.286. The summed E-state index contributed by atoms with van der Waals surface area (Å²) >= 11 is 1.65. The Morgan fingerprint density at radius 2 is 1.94 bits per heavy atom. The monoisotopic (exact) mass is 438 g/mol. The van der Waals surface area contributed by atoms with Crippen LogP contribution in [0.1, 0.15) is 23.8 Å². The van der Waals surface area contributed by atoms with E-state index in [0.717, 1.165) is 16.1 Å². The molecule has 1 N–H and O–H groups in total. The van der Waals surface area contributed by atoms with E-state index in [1.54, 1.807) is 28.8 Å². The van der Waals surface area contributed by atoms with Crippen molar-refractivity contribution < 1.29 is 18.7 Å². The van der Waals surface area contributed by atoms with E-state index in [0.29, 0.717) is 18.2 Å². The van der Waals surface area contributed by atoms with E-state index in [2.05, 4.69) is 15.5 Å². The number of hydrogen-bond acceptors (Lipinski definition) is 7. The number of ether oxygens (including phenoxy) is 1. The Balaban J connectivity index is 1.33. The molecule has 0 saturated carbocycles. The largest absolute Gasteiger partial charge is 0.484 e. The molecule has 0 spiro atoms. The summed E-state index contributed by atoms with van der Waals surface area (Å²) in [6, 6.07) is 15.2. The van der Waals surface area contributed by atoms with Crippen LogP contribution in [0.4, 0.5) is 11.7 Å². The number of carbonyl (C=O) groups is 2. The third-order valence-electron chi connectivity index (χ3n) is 4.94. The lowest BCUT2D eigenvalue weighted by atomic mass is 10.1. The highest BCUT2D eigenvalue weighted by atomic mass is 32.2. The lowest BCUT2D eigenvalue weighted by Gasteiger charge is -2.16. The van der Waals surface area contributed by atoms with Crippen molar-refractivity contribution in [1.82, 2.24) is 10.2 Å². The number of carbonyl (C=O) groups excluding carboxylic acids is 2. The SMILES string of the molecule is CSc1ccc(N2C[C@@H](c3nnc(NC(=O)COc4ccc(C)cc4)o3)CC2=O)cc1. The minimum Gasteiger partial charge on any atom is -0.484 e. The quantitative estimate of drug-likeness (QED) is 0.563. The first kappa shape index (κ1) is 20.9. The second-order valence-corrected chi connectivity index (χ2v) is 8.08. The maximum atomic E-state index is 12.5. The average molecular weight is 439 g/mol. The molecule has 31 heavy (non-hydrogen) atoms. The molecular formula is C22H22N4O4S. The number of thioether (sulfide) groups is 1. The summed E-state index contributed by atoms with van der Waals surface area (Å²) < 4.78 is 11.0. The van der Waals surface area contributed by atoms with Crippen molar-refractivity contribution in [2.75, 3.05) is 29.6 Å². The van der Waals surface area contributed by atoms with Crippen LogP contribution in [0.3, 0.4) is 0 Å². The molecule has 9 heteroatoms. The predicted molar refractivity (Wildman–Crippen MR) is 118 cm³/mol. The van der Waals surface area contributed by atoms with Crippen molar-refractivity contribution >= 4 is 35.3 Å². The molecule has 2 amide bonds. The van der Waals surface area contributed by atoms with Gasteiger partial charge in [0.1, 0.15) is 5.75 Å². The molecule has 0 unspecified atom stereocenters. The number of benzene rings is 2. The van der Waals surface area contributed by atoms with Crippen LogP contribution in [0.2, 0.25) is 0 Å². The van der Waals surface area contributed by atoms with Gasteiger partial charge in [-0.25, -0.2) is 0 Å². The van der Waals surface area contributed by atoms with Crippen LogP contribution in [0.5, 0.6) is 5.75 Å². The third-order valence-corrected chi connectivity index (χ3v) is 5.68.